The van der Waals surface area contributed by atoms with E-state index in [9.17, 15) is 9.90 Å². The molecule has 0 aliphatic heterocycles. The third-order valence-corrected chi connectivity index (χ3v) is 4.28. The summed E-state index contributed by atoms with van der Waals surface area (Å²) in [5, 5.41) is 13.1. The van der Waals surface area contributed by atoms with Gasteiger partial charge in [-0.3, -0.25) is 10.1 Å². The minimum atomic E-state index is -0.702. The normalized spacial score (nSPS) is 26.9. The lowest BCUT2D eigenvalue weighted by atomic mass is 9.83. The summed E-state index contributed by atoms with van der Waals surface area (Å²) in [5.41, 5.74) is -0.702. The Hall–Kier alpha value is -0.610. The average molecular weight is 284 g/mol. The number of aliphatic carboxylic acids is 1. The van der Waals surface area contributed by atoms with Gasteiger partial charge in [0.15, 0.2) is 0 Å². The fourth-order valence-electron chi connectivity index (χ4n) is 3.61. The number of rotatable bonds is 8. The van der Waals surface area contributed by atoms with Crippen LogP contribution in [0.2, 0.25) is 0 Å². The van der Waals surface area contributed by atoms with Gasteiger partial charge in [0.1, 0.15) is 5.54 Å². The Labute approximate surface area is 123 Å². The number of carboxylic acids is 1. The zero-order valence-corrected chi connectivity index (χ0v) is 13.8. The van der Waals surface area contributed by atoms with Crippen LogP contribution in [0.3, 0.4) is 0 Å². The number of carboxylic acid groups (broad SMARTS) is 1. The van der Waals surface area contributed by atoms with Crippen LogP contribution < -0.4 is 5.32 Å². The molecule has 2 N–H and O–H groups in total. The molecular weight excluding hydrogens is 252 g/mol. The summed E-state index contributed by atoms with van der Waals surface area (Å²) >= 11 is 0. The molecule has 4 heteroatoms. The first-order chi connectivity index (χ1) is 9.28. The van der Waals surface area contributed by atoms with E-state index in [2.05, 4.69) is 31.1 Å². The molecule has 0 radical (unpaired) electrons. The SMILES string of the molecule is CC(C)CN(C)CCC1CCCC1(NC(C)C)C(=O)O. The number of hydrogen-bond donors (Lipinski definition) is 2. The molecule has 1 aliphatic rings. The van der Waals surface area contributed by atoms with Crippen molar-refractivity contribution in [1.29, 1.82) is 0 Å². The summed E-state index contributed by atoms with van der Waals surface area (Å²) in [6.45, 7) is 10.6. The summed E-state index contributed by atoms with van der Waals surface area (Å²) in [7, 11) is 2.13. The molecule has 4 nitrogen and oxygen atoms in total. The van der Waals surface area contributed by atoms with Crippen molar-refractivity contribution >= 4 is 5.97 Å². The second-order valence-electron chi connectivity index (χ2n) is 7.11. The van der Waals surface area contributed by atoms with Gasteiger partial charge in [0, 0.05) is 12.6 Å². The van der Waals surface area contributed by atoms with Gasteiger partial charge in [0.25, 0.3) is 0 Å². The van der Waals surface area contributed by atoms with Gasteiger partial charge in [0.05, 0.1) is 0 Å². The maximum atomic E-state index is 11.8. The zero-order chi connectivity index (χ0) is 15.3. The molecule has 1 saturated carbocycles. The van der Waals surface area contributed by atoms with Gasteiger partial charge < -0.3 is 10.0 Å². The van der Waals surface area contributed by atoms with Gasteiger partial charge in [-0.2, -0.15) is 0 Å². The van der Waals surface area contributed by atoms with Crippen LogP contribution in [0, 0.1) is 11.8 Å². The molecule has 118 valence electrons. The predicted octanol–water partition coefficient (Wildman–Crippen LogP) is 2.59. The molecule has 0 heterocycles. The van der Waals surface area contributed by atoms with Gasteiger partial charge in [-0.05, 0) is 58.5 Å². The Balaban J connectivity index is 2.64. The van der Waals surface area contributed by atoms with Crippen molar-refractivity contribution in [2.45, 2.75) is 65.0 Å². The molecular formula is C16H32N2O2. The Morgan fingerprint density at radius 3 is 2.55 bits per heavy atom. The number of nitrogens with one attached hydrogen (secondary N) is 1. The Morgan fingerprint density at radius 2 is 2.05 bits per heavy atom. The minimum absolute atomic E-state index is 0.208. The summed E-state index contributed by atoms with van der Waals surface area (Å²) in [6, 6.07) is 0.208. The van der Waals surface area contributed by atoms with Crippen LogP contribution in [-0.2, 0) is 4.79 Å². The Bertz CT molecular complexity index is 318. The first-order valence-electron chi connectivity index (χ1n) is 7.97. The third-order valence-electron chi connectivity index (χ3n) is 4.28. The molecule has 0 aromatic carbocycles. The van der Waals surface area contributed by atoms with Gasteiger partial charge >= 0.3 is 5.97 Å². The van der Waals surface area contributed by atoms with Crippen molar-refractivity contribution in [1.82, 2.24) is 10.2 Å². The third kappa shape index (κ3) is 4.45. The van der Waals surface area contributed by atoms with Crippen molar-refractivity contribution in [3.8, 4) is 0 Å². The maximum Gasteiger partial charge on any atom is 0.324 e. The minimum Gasteiger partial charge on any atom is -0.480 e. The first-order valence-corrected chi connectivity index (χ1v) is 7.97. The van der Waals surface area contributed by atoms with E-state index in [0.29, 0.717) is 5.92 Å². The highest BCUT2D eigenvalue weighted by molar-refractivity contribution is 5.79. The van der Waals surface area contributed by atoms with Gasteiger partial charge in [-0.15, -0.1) is 0 Å². The Kier molecular flexibility index (Phi) is 6.46. The first kappa shape index (κ1) is 17.4. The predicted molar refractivity (Wildman–Crippen MR) is 82.9 cm³/mol. The van der Waals surface area contributed by atoms with E-state index in [0.717, 1.165) is 38.8 Å². The molecule has 0 aromatic rings. The van der Waals surface area contributed by atoms with Crippen molar-refractivity contribution in [2.75, 3.05) is 20.1 Å². The van der Waals surface area contributed by atoms with Crippen LogP contribution >= 0.6 is 0 Å². The van der Waals surface area contributed by atoms with Crippen molar-refractivity contribution < 1.29 is 9.90 Å². The monoisotopic (exact) mass is 284 g/mol. The molecule has 1 rings (SSSR count). The van der Waals surface area contributed by atoms with Gasteiger partial charge in [-0.1, -0.05) is 20.3 Å². The number of carbonyl (C=O) groups is 1. The average Bonchev–Trinajstić information content (AvgIpc) is 2.68. The second kappa shape index (κ2) is 7.41. The van der Waals surface area contributed by atoms with Crippen LogP contribution in [0.15, 0.2) is 0 Å². The van der Waals surface area contributed by atoms with E-state index in [1.807, 2.05) is 13.8 Å². The molecule has 2 unspecified atom stereocenters. The van der Waals surface area contributed by atoms with Gasteiger partial charge in [0.2, 0.25) is 0 Å². The highest BCUT2D eigenvalue weighted by atomic mass is 16.4. The van der Waals surface area contributed by atoms with Crippen LogP contribution in [0.1, 0.15) is 53.4 Å². The van der Waals surface area contributed by atoms with Crippen LogP contribution in [-0.4, -0.2) is 47.7 Å². The van der Waals surface area contributed by atoms with Crippen molar-refractivity contribution in [2.24, 2.45) is 11.8 Å². The fourth-order valence-corrected chi connectivity index (χ4v) is 3.61. The standard InChI is InChI=1S/C16H32N2O2/c1-12(2)11-18(5)10-8-14-7-6-9-16(14,15(19)20)17-13(3)4/h12-14,17H,6-11H2,1-5H3,(H,19,20). The second-order valence-corrected chi connectivity index (χ2v) is 7.11. The fraction of sp³-hybridized carbons (Fsp3) is 0.938. The quantitative estimate of drug-likeness (QED) is 0.719. The highest BCUT2D eigenvalue weighted by Gasteiger charge is 2.48. The topological polar surface area (TPSA) is 52.6 Å². The summed E-state index contributed by atoms with van der Waals surface area (Å²) < 4.78 is 0. The van der Waals surface area contributed by atoms with E-state index < -0.39 is 11.5 Å². The smallest absolute Gasteiger partial charge is 0.324 e. The molecule has 1 aliphatic carbocycles. The lowest BCUT2D eigenvalue weighted by molar-refractivity contribution is -0.147. The molecule has 0 spiro atoms. The molecule has 2 atom stereocenters. The maximum absolute atomic E-state index is 11.8. The molecule has 0 bridgehead atoms. The van der Waals surface area contributed by atoms with Crippen LogP contribution in [0.5, 0.6) is 0 Å². The summed E-state index contributed by atoms with van der Waals surface area (Å²) in [4.78, 5) is 14.1. The lowest BCUT2D eigenvalue weighted by Crippen LogP contribution is -2.57. The van der Waals surface area contributed by atoms with Gasteiger partial charge in [-0.25, -0.2) is 0 Å². The largest absolute Gasteiger partial charge is 0.480 e. The molecule has 0 amide bonds. The summed E-state index contributed by atoms with van der Waals surface area (Å²) in [6.07, 6.45) is 3.78. The van der Waals surface area contributed by atoms with E-state index in [-0.39, 0.29) is 12.0 Å². The highest BCUT2D eigenvalue weighted by Crippen LogP contribution is 2.38. The Morgan fingerprint density at radius 1 is 1.40 bits per heavy atom. The van der Waals surface area contributed by atoms with E-state index in [4.69, 9.17) is 0 Å². The zero-order valence-electron chi connectivity index (χ0n) is 13.8. The number of hydrogen-bond acceptors (Lipinski definition) is 3. The molecule has 0 saturated heterocycles. The summed E-state index contributed by atoms with van der Waals surface area (Å²) in [5.74, 6) is 0.235. The van der Waals surface area contributed by atoms with Crippen LogP contribution in [0.25, 0.3) is 0 Å². The van der Waals surface area contributed by atoms with Crippen molar-refractivity contribution in [3.63, 3.8) is 0 Å². The van der Waals surface area contributed by atoms with E-state index in [1.54, 1.807) is 0 Å². The molecule has 20 heavy (non-hydrogen) atoms. The number of nitrogens with zero attached hydrogens (tertiary/aromatic N) is 1. The molecule has 1 fully saturated rings. The van der Waals surface area contributed by atoms with E-state index in [1.165, 1.54) is 0 Å². The lowest BCUT2D eigenvalue weighted by Gasteiger charge is -2.35. The van der Waals surface area contributed by atoms with E-state index >= 15 is 0 Å². The van der Waals surface area contributed by atoms with Crippen LogP contribution in [0.4, 0.5) is 0 Å². The van der Waals surface area contributed by atoms with Crippen molar-refractivity contribution in [3.05, 3.63) is 0 Å². The molecule has 0 aromatic heterocycles.